The van der Waals surface area contributed by atoms with Crippen LogP contribution in [-0.4, -0.2) is 36.3 Å². The van der Waals surface area contributed by atoms with Crippen molar-refractivity contribution in [3.63, 3.8) is 0 Å². The van der Waals surface area contributed by atoms with Gasteiger partial charge in [-0.25, -0.2) is 0 Å². The second-order valence-electron chi connectivity index (χ2n) is 7.65. The summed E-state index contributed by atoms with van der Waals surface area (Å²) in [5, 5.41) is 2.98. The topological polar surface area (TPSA) is 52.7 Å². The molecule has 2 fully saturated rings. The minimum Gasteiger partial charge on any atom is -0.320 e. The van der Waals surface area contributed by atoms with E-state index < -0.39 is 0 Å². The van der Waals surface area contributed by atoms with Gasteiger partial charge >= 0.3 is 0 Å². The van der Waals surface area contributed by atoms with Gasteiger partial charge in [0.1, 0.15) is 0 Å². The highest BCUT2D eigenvalue weighted by Gasteiger charge is 2.24. The van der Waals surface area contributed by atoms with Crippen LogP contribution in [0.1, 0.15) is 48.0 Å². The molecule has 2 aromatic carbocycles. The zero-order chi connectivity index (χ0) is 19.3. The molecule has 2 amide bonds. The molecule has 0 aromatic heterocycles. The van der Waals surface area contributed by atoms with Crippen molar-refractivity contribution in [3.8, 4) is 0 Å². The number of hydrogen-bond donors (Lipinski definition) is 1. The van der Waals surface area contributed by atoms with E-state index in [0.29, 0.717) is 24.2 Å². The molecule has 0 spiro atoms. The van der Waals surface area contributed by atoms with Crippen molar-refractivity contribution in [2.24, 2.45) is 0 Å². The first-order valence-electron chi connectivity index (χ1n) is 10.2. The number of piperidine rings is 1. The van der Waals surface area contributed by atoms with Crippen LogP contribution in [0.4, 0.5) is 11.4 Å². The van der Waals surface area contributed by atoms with Crippen molar-refractivity contribution in [3.05, 3.63) is 59.7 Å². The molecular formula is C23H27N3O2. The molecule has 2 aliphatic heterocycles. The highest BCUT2D eigenvalue weighted by atomic mass is 16.2. The Kier molecular flexibility index (Phi) is 5.72. The largest absolute Gasteiger partial charge is 0.320 e. The number of benzene rings is 2. The van der Waals surface area contributed by atoms with Crippen molar-refractivity contribution in [2.45, 2.75) is 38.6 Å². The number of carbonyl (C=O) groups excluding carboxylic acids is 2. The van der Waals surface area contributed by atoms with Gasteiger partial charge in [-0.05, 0) is 62.2 Å². The summed E-state index contributed by atoms with van der Waals surface area (Å²) >= 11 is 0. The third-order valence-corrected chi connectivity index (χ3v) is 5.59. The minimum absolute atomic E-state index is 0.115. The highest BCUT2D eigenvalue weighted by Crippen LogP contribution is 2.29. The molecule has 1 N–H and O–H groups in total. The molecule has 0 aliphatic carbocycles. The lowest BCUT2D eigenvalue weighted by molar-refractivity contribution is -0.117. The number of nitrogens with one attached hydrogen (secondary N) is 1. The number of likely N-dealkylation sites (tertiary alicyclic amines) is 1. The predicted molar refractivity (Wildman–Crippen MR) is 112 cm³/mol. The molecule has 0 radical (unpaired) electrons. The molecule has 4 rings (SSSR count). The Hall–Kier alpha value is -2.66. The molecule has 2 heterocycles. The predicted octanol–water partition coefficient (Wildman–Crippen LogP) is 4.05. The van der Waals surface area contributed by atoms with E-state index in [-0.39, 0.29) is 11.8 Å². The summed E-state index contributed by atoms with van der Waals surface area (Å²) in [5.41, 5.74) is 3.33. The van der Waals surface area contributed by atoms with Crippen molar-refractivity contribution in [1.82, 2.24) is 4.90 Å². The monoisotopic (exact) mass is 377 g/mol. The Morgan fingerprint density at radius 2 is 1.64 bits per heavy atom. The van der Waals surface area contributed by atoms with Crippen LogP contribution in [0.15, 0.2) is 48.5 Å². The zero-order valence-corrected chi connectivity index (χ0v) is 16.2. The lowest BCUT2D eigenvalue weighted by Crippen LogP contribution is -2.29. The van der Waals surface area contributed by atoms with Gasteiger partial charge in [0.15, 0.2) is 0 Å². The summed E-state index contributed by atoms with van der Waals surface area (Å²) in [6.07, 6.45) is 5.32. The lowest BCUT2D eigenvalue weighted by atomic mass is 10.1. The fourth-order valence-corrected chi connectivity index (χ4v) is 4.05. The summed E-state index contributed by atoms with van der Waals surface area (Å²) < 4.78 is 0. The summed E-state index contributed by atoms with van der Waals surface area (Å²) in [7, 11) is 0. The molecular weight excluding hydrogens is 350 g/mol. The summed E-state index contributed by atoms with van der Waals surface area (Å²) in [4.78, 5) is 29.1. The van der Waals surface area contributed by atoms with Crippen molar-refractivity contribution in [1.29, 1.82) is 0 Å². The fraction of sp³-hybridized carbons (Fsp3) is 0.391. The van der Waals surface area contributed by atoms with Gasteiger partial charge in [-0.3, -0.25) is 14.5 Å². The van der Waals surface area contributed by atoms with Gasteiger partial charge in [0.2, 0.25) is 5.91 Å². The van der Waals surface area contributed by atoms with Crippen LogP contribution in [0.3, 0.4) is 0 Å². The molecule has 0 saturated carbocycles. The lowest BCUT2D eigenvalue weighted by Gasteiger charge is -2.26. The number of hydrogen-bond acceptors (Lipinski definition) is 3. The van der Waals surface area contributed by atoms with Crippen LogP contribution in [-0.2, 0) is 11.3 Å². The van der Waals surface area contributed by atoms with Crippen LogP contribution in [0.2, 0.25) is 0 Å². The molecule has 0 bridgehead atoms. The third-order valence-electron chi connectivity index (χ3n) is 5.59. The minimum atomic E-state index is -0.149. The van der Waals surface area contributed by atoms with Crippen LogP contribution in [0.5, 0.6) is 0 Å². The molecule has 5 heteroatoms. The quantitative estimate of drug-likeness (QED) is 0.855. The first-order chi connectivity index (χ1) is 13.7. The average Bonchev–Trinajstić information content (AvgIpc) is 3.15. The number of carbonyl (C=O) groups is 2. The van der Waals surface area contributed by atoms with E-state index in [2.05, 4.69) is 10.2 Å². The number of amides is 2. The van der Waals surface area contributed by atoms with E-state index in [1.807, 2.05) is 48.5 Å². The average molecular weight is 377 g/mol. The van der Waals surface area contributed by atoms with Crippen LogP contribution < -0.4 is 10.2 Å². The van der Waals surface area contributed by atoms with Gasteiger partial charge in [0, 0.05) is 25.1 Å². The Morgan fingerprint density at radius 1 is 0.893 bits per heavy atom. The summed E-state index contributed by atoms with van der Waals surface area (Å²) in [6, 6.07) is 15.4. The van der Waals surface area contributed by atoms with Crippen LogP contribution >= 0.6 is 0 Å². The van der Waals surface area contributed by atoms with Crippen molar-refractivity contribution in [2.75, 3.05) is 29.9 Å². The maximum Gasteiger partial charge on any atom is 0.255 e. The summed E-state index contributed by atoms with van der Waals surface area (Å²) in [6.45, 7) is 3.97. The number of nitrogens with zero attached hydrogens (tertiary/aromatic N) is 2. The molecule has 0 unspecified atom stereocenters. The first-order valence-corrected chi connectivity index (χ1v) is 10.2. The van der Waals surface area contributed by atoms with Crippen LogP contribution in [0.25, 0.3) is 0 Å². The van der Waals surface area contributed by atoms with E-state index in [1.54, 1.807) is 4.90 Å². The third kappa shape index (κ3) is 4.25. The van der Waals surface area contributed by atoms with E-state index in [0.717, 1.165) is 31.7 Å². The Morgan fingerprint density at radius 3 is 2.36 bits per heavy atom. The van der Waals surface area contributed by atoms with Gasteiger partial charge < -0.3 is 10.2 Å². The molecule has 146 valence electrons. The van der Waals surface area contributed by atoms with E-state index in [1.165, 1.54) is 24.8 Å². The fourth-order valence-electron chi connectivity index (χ4n) is 4.05. The van der Waals surface area contributed by atoms with E-state index in [9.17, 15) is 9.59 Å². The van der Waals surface area contributed by atoms with Crippen molar-refractivity contribution < 1.29 is 9.59 Å². The molecule has 2 aliphatic rings. The van der Waals surface area contributed by atoms with Crippen LogP contribution in [0, 0.1) is 0 Å². The maximum atomic E-state index is 12.7. The molecule has 0 atom stereocenters. The Balaban J connectivity index is 1.43. The maximum absolute atomic E-state index is 12.7. The van der Waals surface area contributed by atoms with Gasteiger partial charge in [-0.15, -0.1) is 0 Å². The van der Waals surface area contributed by atoms with Gasteiger partial charge in [-0.1, -0.05) is 30.7 Å². The molecule has 28 heavy (non-hydrogen) atoms. The summed E-state index contributed by atoms with van der Waals surface area (Å²) in [5.74, 6) is -0.0348. The zero-order valence-electron chi connectivity index (χ0n) is 16.2. The highest BCUT2D eigenvalue weighted by molar-refractivity contribution is 6.08. The number of anilines is 2. The van der Waals surface area contributed by atoms with Gasteiger partial charge in [0.05, 0.1) is 11.4 Å². The molecule has 5 nitrogen and oxygen atoms in total. The smallest absolute Gasteiger partial charge is 0.255 e. The first kappa shape index (κ1) is 18.7. The van der Waals surface area contributed by atoms with Gasteiger partial charge in [-0.2, -0.15) is 0 Å². The second kappa shape index (κ2) is 8.57. The Labute approximate surface area is 166 Å². The molecule has 2 aromatic rings. The number of para-hydroxylation sites is 2. The second-order valence-corrected chi connectivity index (χ2v) is 7.65. The normalized spacial score (nSPS) is 17.7. The number of rotatable bonds is 5. The molecule has 2 saturated heterocycles. The van der Waals surface area contributed by atoms with Gasteiger partial charge in [0.25, 0.3) is 5.91 Å². The van der Waals surface area contributed by atoms with E-state index >= 15 is 0 Å². The Bertz CT molecular complexity index is 841. The van der Waals surface area contributed by atoms with E-state index in [4.69, 9.17) is 0 Å². The van der Waals surface area contributed by atoms with Crippen molar-refractivity contribution >= 4 is 23.2 Å². The standard InChI is InChI=1S/C23H27N3O2/c27-22-9-6-16-26(22)21-8-3-2-7-20(21)24-23(28)19-12-10-18(11-13-19)17-25-14-4-1-5-15-25/h2-3,7-8,10-13H,1,4-6,9,14-17H2,(H,24,28). The SMILES string of the molecule is O=C(Nc1ccccc1N1CCCC1=O)c1ccc(CN2CCCCC2)cc1.